The van der Waals surface area contributed by atoms with Crippen LogP contribution >= 0.6 is 15.9 Å². The van der Waals surface area contributed by atoms with Crippen LogP contribution in [0.1, 0.15) is 18.9 Å². The Hall–Kier alpha value is -1.24. The summed E-state index contributed by atoms with van der Waals surface area (Å²) in [6.07, 6.45) is -4.19. The predicted octanol–water partition coefficient (Wildman–Crippen LogP) is 3.14. The summed E-state index contributed by atoms with van der Waals surface area (Å²) in [5.41, 5.74) is 4.10. The third kappa shape index (κ3) is 3.63. The van der Waals surface area contributed by atoms with Crippen molar-refractivity contribution in [1.82, 2.24) is 0 Å². The van der Waals surface area contributed by atoms with Gasteiger partial charge in [-0.05, 0) is 24.6 Å². The van der Waals surface area contributed by atoms with E-state index >= 15 is 0 Å². The van der Waals surface area contributed by atoms with Crippen LogP contribution in [-0.2, 0) is 11.0 Å². The zero-order valence-electron chi connectivity index (χ0n) is 9.51. The average molecular weight is 325 g/mol. The topological polar surface area (TPSA) is 55.1 Å². The maximum Gasteiger partial charge on any atom is 0.418 e. The number of carbonyl (C=O) groups excluding carboxylic acids is 1. The van der Waals surface area contributed by atoms with Crippen molar-refractivity contribution in [2.45, 2.75) is 25.6 Å². The fraction of sp³-hybridized carbons (Fsp3) is 0.364. The molecule has 3 nitrogen and oxygen atoms in total. The van der Waals surface area contributed by atoms with Gasteiger partial charge in [0.2, 0.25) is 5.91 Å². The molecule has 18 heavy (non-hydrogen) atoms. The number of nitrogens with two attached hydrogens (primary N) is 1. The molecule has 0 aliphatic carbocycles. The highest BCUT2D eigenvalue weighted by Gasteiger charge is 2.34. The molecule has 0 saturated heterocycles. The number of rotatable bonds is 4. The van der Waals surface area contributed by atoms with Crippen LogP contribution in [-0.4, -0.2) is 11.9 Å². The zero-order chi connectivity index (χ0) is 13.9. The summed E-state index contributed by atoms with van der Waals surface area (Å²) in [7, 11) is 0. The number of anilines is 1. The summed E-state index contributed by atoms with van der Waals surface area (Å²) < 4.78 is 38.7. The van der Waals surface area contributed by atoms with Crippen molar-refractivity contribution in [2.75, 3.05) is 5.32 Å². The van der Waals surface area contributed by atoms with Gasteiger partial charge in [-0.1, -0.05) is 22.9 Å². The molecule has 1 amide bonds. The number of alkyl halides is 3. The van der Waals surface area contributed by atoms with Crippen molar-refractivity contribution in [3.8, 4) is 0 Å². The average Bonchev–Trinajstić information content (AvgIpc) is 2.25. The van der Waals surface area contributed by atoms with Crippen LogP contribution in [0.15, 0.2) is 22.7 Å². The van der Waals surface area contributed by atoms with Crippen molar-refractivity contribution >= 4 is 27.5 Å². The van der Waals surface area contributed by atoms with Gasteiger partial charge in [-0.25, -0.2) is 0 Å². The van der Waals surface area contributed by atoms with Gasteiger partial charge in [0.25, 0.3) is 0 Å². The van der Waals surface area contributed by atoms with Gasteiger partial charge in [0.1, 0.15) is 6.04 Å². The molecule has 0 aromatic heterocycles. The molecule has 0 bridgehead atoms. The normalized spacial score (nSPS) is 13.2. The second-order valence-corrected chi connectivity index (χ2v) is 4.61. The monoisotopic (exact) mass is 324 g/mol. The Balaban J connectivity index is 3.12. The first kappa shape index (κ1) is 14.8. The van der Waals surface area contributed by atoms with Crippen LogP contribution in [0, 0.1) is 0 Å². The SMILES string of the molecule is CCC(Nc1ccc(Br)cc1C(F)(F)F)C(N)=O. The second-order valence-electron chi connectivity index (χ2n) is 3.70. The molecule has 0 aliphatic heterocycles. The van der Waals surface area contributed by atoms with E-state index in [9.17, 15) is 18.0 Å². The minimum Gasteiger partial charge on any atom is -0.373 e. The van der Waals surface area contributed by atoms with Gasteiger partial charge < -0.3 is 11.1 Å². The Labute approximate surface area is 111 Å². The minimum absolute atomic E-state index is 0.156. The lowest BCUT2D eigenvalue weighted by atomic mass is 10.1. The Bertz CT molecular complexity index is 448. The number of primary amides is 1. The maximum atomic E-state index is 12.8. The summed E-state index contributed by atoms with van der Waals surface area (Å²) in [6.45, 7) is 1.66. The summed E-state index contributed by atoms with van der Waals surface area (Å²) in [4.78, 5) is 11.0. The first-order chi connectivity index (χ1) is 8.25. The molecule has 0 heterocycles. The van der Waals surface area contributed by atoms with Crippen LogP contribution in [0.5, 0.6) is 0 Å². The summed E-state index contributed by atoms with van der Waals surface area (Å²) in [6, 6.07) is 2.85. The molecule has 0 saturated carbocycles. The van der Waals surface area contributed by atoms with Gasteiger partial charge in [-0.15, -0.1) is 0 Å². The number of hydrogen-bond donors (Lipinski definition) is 2. The maximum absolute atomic E-state index is 12.8. The molecule has 0 fully saturated rings. The van der Waals surface area contributed by atoms with Crippen molar-refractivity contribution in [3.05, 3.63) is 28.2 Å². The van der Waals surface area contributed by atoms with Crippen LogP contribution in [0.2, 0.25) is 0 Å². The molecule has 0 radical (unpaired) electrons. The number of halogens is 4. The second kappa shape index (κ2) is 5.60. The van der Waals surface area contributed by atoms with E-state index in [0.717, 1.165) is 6.07 Å². The van der Waals surface area contributed by atoms with Crippen LogP contribution in [0.4, 0.5) is 18.9 Å². The summed E-state index contributed by atoms with van der Waals surface area (Å²) in [5.74, 6) is -0.687. The molecule has 7 heteroatoms. The van der Waals surface area contributed by atoms with E-state index in [1.165, 1.54) is 12.1 Å². The fourth-order valence-corrected chi connectivity index (χ4v) is 1.80. The molecular weight excluding hydrogens is 313 g/mol. The lowest BCUT2D eigenvalue weighted by Crippen LogP contribution is -2.35. The van der Waals surface area contributed by atoms with Gasteiger partial charge >= 0.3 is 6.18 Å². The van der Waals surface area contributed by atoms with E-state index in [1.807, 2.05) is 0 Å². The smallest absolute Gasteiger partial charge is 0.373 e. The molecule has 100 valence electrons. The van der Waals surface area contributed by atoms with E-state index in [1.54, 1.807) is 6.92 Å². The molecule has 1 rings (SSSR count). The van der Waals surface area contributed by atoms with E-state index in [0.29, 0.717) is 10.9 Å². The van der Waals surface area contributed by atoms with Crippen LogP contribution in [0.25, 0.3) is 0 Å². The Morgan fingerprint density at radius 1 is 1.50 bits per heavy atom. The largest absolute Gasteiger partial charge is 0.418 e. The highest BCUT2D eigenvalue weighted by molar-refractivity contribution is 9.10. The van der Waals surface area contributed by atoms with Gasteiger partial charge in [-0.2, -0.15) is 13.2 Å². The Morgan fingerprint density at radius 3 is 2.56 bits per heavy atom. The number of hydrogen-bond acceptors (Lipinski definition) is 2. The van der Waals surface area contributed by atoms with Gasteiger partial charge in [-0.3, -0.25) is 4.79 Å². The van der Waals surface area contributed by atoms with Crippen molar-refractivity contribution in [2.24, 2.45) is 5.73 Å². The third-order valence-corrected chi connectivity index (χ3v) is 2.86. The standard InChI is InChI=1S/C11H12BrF3N2O/c1-2-8(10(16)18)17-9-4-3-6(12)5-7(9)11(13,14)15/h3-5,8,17H,2H2,1H3,(H2,16,18). The molecule has 1 unspecified atom stereocenters. The van der Waals surface area contributed by atoms with E-state index in [2.05, 4.69) is 21.2 Å². The predicted molar refractivity (Wildman–Crippen MR) is 66.0 cm³/mol. The molecule has 1 aromatic carbocycles. The molecule has 1 atom stereocenters. The molecular formula is C11H12BrF3N2O. The highest BCUT2D eigenvalue weighted by atomic mass is 79.9. The van der Waals surface area contributed by atoms with Crippen molar-refractivity contribution in [1.29, 1.82) is 0 Å². The van der Waals surface area contributed by atoms with Crippen LogP contribution < -0.4 is 11.1 Å². The number of nitrogens with one attached hydrogen (secondary N) is 1. The first-order valence-electron chi connectivity index (χ1n) is 5.18. The van der Waals surface area contributed by atoms with Gasteiger partial charge in [0, 0.05) is 10.2 Å². The van der Waals surface area contributed by atoms with E-state index in [-0.39, 0.29) is 5.69 Å². The molecule has 0 aliphatic rings. The lowest BCUT2D eigenvalue weighted by molar-refractivity contribution is -0.137. The number of amides is 1. The van der Waals surface area contributed by atoms with Crippen LogP contribution in [0.3, 0.4) is 0 Å². The molecule has 1 aromatic rings. The Morgan fingerprint density at radius 2 is 2.11 bits per heavy atom. The summed E-state index contributed by atoms with van der Waals surface area (Å²) >= 11 is 2.98. The molecule has 0 spiro atoms. The number of benzene rings is 1. The minimum atomic E-state index is -4.50. The quantitative estimate of drug-likeness (QED) is 0.893. The van der Waals surface area contributed by atoms with E-state index in [4.69, 9.17) is 5.73 Å². The van der Waals surface area contributed by atoms with E-state index < -0.39 is 23.7 Å². The third-order valence-electron chi connectivity index (χ3n) is 2.37. The Kier molecular flexibility index (Phi) is 4.61. The first-order valence-corrected chi connectivity index (χ1v) is 5.97. The van der Waals surface area contributed by atoms with Gasteiger partial charge in [0.05, 0.1) is 5.56 Å². The van der Waals surface area contributed by atoms with Crippen molar-refractivity contribution in [3.63, 3.8) is 0 Å². The fourth-order valence-electron chi connectivity index (χ4n) is 1.44. The molecule has 3 N–H and O–H groups in total. The zero-order valence-corrected chi connectivity index (χ0v) is 11.1. The summed E-state index contributed by atoms with van der Waals surface area (Å²) in [5, 5.41) is 2.52. The van der Waals surface area contributed by atoms with Crippen molar-refractivity contribution < 1.29 is 18.0 Å². The lowest BCUT2D eigenvalue weighted by Gasteiger charge is -2.19. The van der Waals surface area contributed by atoms with Gasteiger partial charge in [0.15, 0.2) is 0 Å². The number of carbonyl (C=O) groups is 1. The highest BCUT2D eigenvalue weighted by Crippen LogP contribution is 2.36.